The first-order valence-electron chi connectivity index (χ1n) is 9.77. The Labute approximate surface area is 161 Å². The molecule has 1 N–H and O–H groups in total. The highest BCUT2D eigenvalue weighted by Gasteiger charge is 2.23. The fourth-order valence-electron chi connectivity index (χ4n) is 3.84. The molecular weight excluding hydrogens is 344 g/mol. The summed E-state index contributed by atoms with van der Waals surface area (Å²) in [4.78, 5) is 30.7. The maximum atomic E-state index is 12.8. The summed E-state index contributed by atoms with van der Waals surface area (Å²) in [7, 11) is 1.52. The third-order valence-corrected chi connectivity index (χ3v) is 5.40. The molecule has 0 unspecified atom stereocenters. The monoisotopic (exact) mass is 374 g/mol. The molecular formula is C20H30N4O3. The van der Waals surface area contributed by atoms with E-state index in [1.165, 1.54) is 25.6 Å². The van der Waals surface area contributed by atoms with Gasteiger partial charge in [-0.3, -0.25) is 4.79 Å². The van der Waals surface area contributed by atoms with Gasteiger partial charge < -0.3 is 24.8 Å². The zero-order valence-corrected chi connectivity index (χ0v) is 16.4. The van der Waals surface area contributed by atoms with E-state index in [9.17, 15) is 9.59 Å². The highest BCUT2D eigenvalue weighted by Crippen LogP contribution is 2.29. The number of anilines is 2. The number of amides is 3. The van der Waals surface area contributed by atoms with Gasteiger partial charge in [-0.25, -0.2) is 4.79 Å². The number of methoxy groups -OCH3 is 1. The molecule has 3 amide bonds. The van der Waals surface area contributed by atoms with Crippen LogP contribution in [0.25, 0.3) is 0 Å². The summed E-state index contributed by atoms with van der Waals surface area (Å²) in [6, 6.07) is 5.99. The van der Waals surface area contributed by atoms with Gasteiger partial charge in [-0.1, -0.05) is 6.07 Å². The molecule has 7 heteroatoms. The standard InChI is InChI=1S/C20H30N4O3/c1-16-17(7-5-8-18(16)22-9-3-4-10-22)21-20(26)24-12-6-11-23(13-14-24)19(25)15-27-2/h5,7-8H,3-4,6,9-15H2,1-2H3,(H,21,26). The van der Waals surface area contributed by atoms with E-state index in [1.807, 2.05) is 12.1 Å². The number of carbonyl (C=O) groups excluding carboxylic acids is 2. The number of nitrogens with zero attached hydrogens (tertiary/aromatic N) is 3. The number of urea groups is 1. The average Bonchev–Trinajstić information content (AvgIpc) is 3.07. The van der Waals surface area contributed by atoms with E-state index in [2.05, 4.69) is 23.2 Å². The summed E-state index contributed by atoms with van der Waals surface area (Å²) in [6.45, 7) is 6.70. The quantitative estimate of drug-likeness (QED) is 0.878. The zero-order valence-electron chi connectivity index (χ0n) is 16.4. The number of carbonyl (C=O) groups is 2. The molecule has 2 aliphatic rings. The number of rotatable bonds is 4. The van der Waals surface area contributed by atoms with E-state index in [4.69, 9.17) is 4.74 Å². The fraction of sp³-hybridized carbons (Fsp3) is 0.600. The van der Waals surface area contributed by atoms with Crippen LogP contribution in [0.5, 0.6) is 0 Å². The number of hydrogen-bond acceptors (Lipinski definition) is 4. The van der Waals surface area contributed by atoms with Crippen molar-refractivity contribution < 1.29 is 14.3 Å². The van der Waals surface area contributed by atoms with Gasteiger partial charge in [-0.05, 0) is 43.9 Å². The normalized spacial score (nSPS) is 17.8. The van der Waals surface area contributed by atoms with Crippen molar-refractivity contribution in [3.63, 3.8) is 0 Å². The highest BCUT2D eigenvalue weighted by atomic mass is 16.5. The smallest absolute Gasteiger partial charge is 0.321 e. The summed E-state index contributed by atoms with van der Waals surface area (Å²) < 4.78 is 4.93. The molecule has 2 fully saturated rings. The van der Waals surface area contributed by atoms with Crippen LogP contribution in [0.2, 0.25) is 0 Å². The number of benzene rings is 1. The number of hydrogen-bond donors (Lipinski definition) is 1. The van der Waals surface area contributed by atoms with Crippen molar-refractivity contribution in [3.05, 3.63) is 23.8 Å². The molecule has 0 bridgehead atoms. The minimum absolute atomic E-state index is 0.0195. The Hall–Kier alpha value is -2.28. The maximum Gasteiger partial charge on any atom is 0.321 e. The van der Waals surface area contributed by atoms with Gasteiger partial charge in [0.1, 0.15) is 6.61 Å². The van der Waals surface area contributed by atoms with Crippen LogP contribution in [-0.2, 0) is 9.53 Å². The molecule has 148 valence electrons. The lowest BCUT2D eigenvalue weighted by Gasteiger charge is -2.25. The van der Waals surface area contributed by atoms with Crippen molar-refractivity contribution in [3.8, 4) is 0 Å². The van der Waals surface area contributed by atoms with Crippen molar-refractivity contribution in [2.24, 2.45) is 0 Å². The molecule has 3 rings (SSSR count). The fourth-order valence-corrected chi connectivity index (χ4v) is 3.84. The predicted octanol–water partition coefficient (Wildman–Crippen LogP) is 2.31. The second kappa shape index (κ2) is 9.08. The Morgan fingerprint density at radius 2 is 1.70 bits per heavy atom. The summed E-state index contributed by atoms with van der Waals surface area (Å²) >= 11 is 0. The third-order valence-electron chi connectivity index (χ3n) is 5.40. The first kappa shape index (κ1) is 19.5. The number of ether oxygens (including phenoxy) is 1. The van der Waals surface area contributed by atoms with E-state index in [0.29, 0.717) is 26.2 Å². The molecule has 0 atom stereocenters. The summed E-state index contributed by atoms with van der Waals surface area (Å²) in [5.74, 6) is -0.0195. The van der Waals surface area contributed by atoms with Crippen LogP contribution in [0.4, 0.5) is 16.2 Å². The minimum Gasteiger partial charge on any atom is -0.375 e. The van der Waals surface area contributed by atoms with Gasteiger partial charge >= 0.3 is 6.03 Å². The van der Waals surface area contributed by atoms with Crippen molar-refractivity contribution in [2.45, 2.75) is 26.2 Å². The van der Waals surface area contributed by atoms with Gasteiger partial charge in [0.25, 0.3) is 0 Å². The lowest BCUT2D eigenvalue weighted by molar-refractivity contribution is -0.134. The first-order valence-corrected chi connectivity index (χ1v) is 9.77. The maximum absolute atomic E-state index is 12.8. The van der Waals surface area contributed by atoms with Crippen molar-refractivity contribution >= 4 is 23.3 Å². The Morgan fingerprint density at radius 3 is 2.44 bits per heavy atom. The molecule has 0 spiro atoms. The Balaban J connectivity index is 1.62. The molecule has 2 aliphatic heterocycles. The summed E-state index contributed by atoms with van der Waals surface area (Å²) in [5, 5.41) is 3.07. The summed E-state index contributed by atoms with van der Waals surface area (Å²) in [5.41, 5.74) is 3.18. The second-order valence-electron chi connectivity index (χ2n) is 7.23. The molecule has 1 aromatic carbocycles. The third kappa shape index (κ3) is 4.71. The Bertz CT molecular complexity index is 673. The molecule has 0 aromatic heterocycles. The molecule has 2 saturated heterocycles. The molecule has 0 radical (unpaired) electrons. The molecule has 7 nitrogen and oxygen atoms in total. The van der Waals surface area contributed by atoms with E-state index < -0.39 is 0 Å². The second-order valence-corrected chi connectivity index (χ2v) is 7.23. The Kier molecular flexibility index (Phi) is 6.55. The average molecular weight is 374 g/mol. The summed E-state index contributed by atoms with van der Waals surface area (Å²) in [6.07, 6.45) is 3.22. The van der Waals surface area contributed by atoms with E-state index in [1.54, 1.807) is 9.80 Å². The van der Waals surface area contributed by atoms with Crippen LogP contribution < -0.4 is 10.2 Å². The number of nitrogens with one attached hydrogen (secondary N) is 1. The molecule has 1 aromatic rings. The van der Waals surface area contributed by atoms with Gasteiger partial charge in [0.15, 0.2) is 0 Å². The Morgan fingerprint density at radius 1 is 1.00 bits per heavy atom. The predicted molar refractivity (Wildman–Crippen MR) is 106 cm³/mol. The first-order chi connectivity index (χ1) is 13.1. The van der Waals surface area contributed by atoms with Gasteiger partial charge in [0.05, 0.1) is 0 Å². The van der Waals surface area contributed by atoms with Crippen LogP contribution in [0, 0.1) is 6.92 Å². The van der Waals surface area contributed by atoms with Gasteiger partial charge in [0, 0.05) is 57.8 Å². The molecule has 2 heterocycles. The van der Waals surface area contributed by atoms with Gasteiger partial charge in [-0.15, -0.1) is 0 Å². The highest BCUT2D eigenvalue weighted by molar-refractivity contribution is 5.91. The van der Waals surface area contributed by atoms with Crippen LogP contribution in [0.3, 0.4) is 0 Å². The van der Waals surface area contributed by atoms with E-state index >= 15 is 0 Å². The van der Waals surface area contributed by atoms with Crippen LogP contribution in [0.1, 0.15) is 24.8 Å². The van der Waals surface area contributed by atoms with Crippen LogP contribution in [0.15, 0.2) is 18.2 Å². The minimum atomic E-state index is -0.0993. The van der Waals surface area contributed by atoms with E-state index in [-0.39, 0.29) is 18.5 Å². The van der Waals surface area contributed by atoms with E-state index in [0.717, 1.165) is 30.8 Å². The van der Waals surface area contributed by atoms with Crippen molar-refractivity contribution in [1.29, 1.82) is 0 Å². The molecule has 0 saturated carbocycles. The van der Waals surface area contributed by atoms with Crippen molar-refractivity contribution in [1.82, 2.24) is 9.80 Å². The largest absolute Gasteiger partial charge is 0.375 e. The van der Waals surface area contributed by atoms with Gasteiger partial charge in [-0.2, -0.15) is 0 Å². The van der Waals surface area contributed by atoms with Crippen LogP contribution >= 0.6 is 0 Å². The SMILES string of the molecule is COCC(=O)N1CCCN(C(=O)Nc2cccc(N3CCCC3)c2C)CC1. The molecule has 0 aliphatic carbocycles. The van der Waals surface area contributed by atoms with Crippen molar-refractivity contribution in [2.75, 3.05) is 63.2 Å². The lowest BCUT2D eigenvalue weighted by atomic mass is 10.1. The molecule has 27 heavy (non-hydrogen) atoms. The lowest BCUT2D eigenvalue weighted by Crippen LogP contribution is -2.40. The van der Waals surface area contributed by atoms with Crippen LogP contribution in [-0.4, -0.2) is 74.7 Å². The van der Waals surface area contributed by atoms with Gasteiger partial charge in [0.2, 0.25) is 5.91 Å². The topological polar surface area (TPSA) is 65.1 Å². The zero-order chi connectivity index (χ0) is 19.2.